The smallest absolute Gasteiger partial charge is 0.411 e. The number of H-pyrrole nitrogens is 1. The summed E-state index contributed by atoms with van der Waals surface area (Å²) in [6, 6.07) is 9.34. The molecule has 3 N–H and O–H groups in total. The number of rotatable bonds is 8. The van der Waals surface area contributed by atoms with Crippen molar-refractivity contribution in [3.63, 3.8) is 0 Å². The molecule has 2 heterocycles. The lowest BCUT2D eigenvalue weighted by molar-refractivity contribution is 0.130. The molecule has 148 valence electrons. The second kappa shape index (κ2) is 9.18. The van der Waals surface area contributed by atoms with E-state index in [2.05, 4.69) is 25.6 Å². The Balaban J connectivity index is 1.74. The number of aromatic nitrogens is 3. The molecule has 8 nitrogen and oxygen atoms in total. The van der Waals surface area contributed by atoms with Crippen molar-refractivity contribution in [3.05, 3.63) is 36.5 Å². The second-order valence-electron chi connectivity index (χ2n) is 6.60. The molecular formula is C20H25N5O3. The van der Waals surface area contributed by atoms with Gasteiger partial charge in [-0.05, 0) is 50.6 Å². The van der Waals surface area contributed by atoms with Gasteiger partial charge in [0.25, 0.3) is 0 Å². The lowest BCUT2D eigenvalue weighted by Crippen LogP contribution is -2.17. The minimum absolute atomic E-state index is 0.176. The number of nitrogens with zero attached hydrogens (tertiary/aromatic N) is 2. The zero-order valence-corrected chi connectivity index (χ0v) is 16.3. The number of benzene rings is 1. The zero-order valence-electron chi connectivity index (χ0n) is 16.3. The van der Waals surface area contributed by atoms with Crippen molar-refractivity contribution in [1.29, 1.82) is 0 Å². The molecule has 1 aromatic carbocycles. The molecule has 0 aliphatic rings. The normalized spacial score (nSPS) is 11.0. The molecule has 0 unspecified atom stereocenters. The van der Waals surface area contributed by atoms with Crippen molar-refractivity contribution >= 4 is 28.6 Å². The first-order chi connectivity index (χ1) is 13.5. The van der Waals surface area contributed by atoms with Gasteiger partial charge in [-0.25, -0.2) is 14.8 Å². The van der Waals surface area contributed by atoms with Crippen LogP contribution < -0.4 is 10.6 Å². The van der Waals surface area contributed by atoms with Crippen molar-refractivity contribution in [2.75, 3.05) is 30.9 Å². The maximum absolute atomic E-state index is 11.8. The molecule has 2 aromatic heterocycles. The number of carbonyl (C=O) groups excluding carboxylic acids is 1. The molecule has 0 atom stereocenters. The van der Waals surface area contributed by atoms with Crippen LogP contribution in [0.15, 0.2) is 36.5 Å². The summed E-state index contributed by atoms with van der Waals surface area (Å²) in [5, 5.41) is 5.99. The Kier molecular flexibility index (Phi) is 6.44. The van der Waals surface area contributed by atoms with Gasteiger partial charge in [0.15, 0.2) is 0 Å². The molecular weight excluding hydrogens is 358 g/mol. The minimum Gasteiger partial charge on any atom is -0.447 e. The molecule has 0 fully saturated rings. The molecule has 28 heavy (non-hydrogen) atoms. The summed E-state index contributed by atoms with van der Waals surface area (Å²) in [6.07, 6.45) is 1.99. The van der Waals surface area contributed by atoms with Gasteiger partial charge < -0.3 is 19.8 Å². The van der Waals surface area contributed by atoms with Crippen molar-refractivity contribution in [2.45, 2.75) is 26.4 Å². The third-order valence-electron chi connectivity index (χ3n) is 3.94. The van der Waals surface area contributed by atoms with Gasteiger partial charge in [-0.1, -0.05) is 0 Å². The number of carbonyl (C=O) groups is 1. The number of pyridine rings is 1. The van der Waals surface area contributed by atoms with Crippen LogP contribution in [0.4, 0.5) is 16.3 Å². The highest BCUT2D eigenvalue weighted by molar-refractivity contribution is 5.89. The van der Waals surface area contributed by atoms with Crippen LogP contribution in [-0.2, 0) is 9.47 Å². The van der Waals surface area contributed by atoms with E-state index in [0.717, 1.165) is 41.2 Å². The van der Waals surface area contributed by atoms with Gasteiger partial charge in [0.05, 0.1) is 17.1 Å². The topological polar surface area (TPSA) is 101 Å². The zero-order chi connectivity index (χ0) is 19.9. The van der Waals surface area contributed by atoms with E-state index in [1.807, 2.05) is 24.3 Å². The number of imidazole rings is 1. The first kappa shape index (κ1) is 19.6. The van der Waals surface area contributed by atoms with Crippen LogP contribution in [0, 0.1) is 0 Å². The van der Waals surface area contributed by atoms with E-state index in [0.29, 0.717) is 12.3 Å². The minimum atomic E-state index is -0.483. The van der Waals surface area contributed by atoms with Gasteiger partial charge in [-0.3, -0.25) is 5.32 Å². The highest BCUT2D eigenvalue weighted by Gasteiger charge is 2.10. The average molecular weight is 383 g/mol. The maximum atomic E-state index is 11.8. The molecule has 0 bridgehead atoms. The molecule has 0 aliphatic heterocycles. The fraction of sp³-hybridized carbons (Fsp3) is 0.350. The standard InChI is InChI=1S/C20H25N5O3/c1-13(2)28-20(26)23-15-5-6-16-17(12-15)25-19(24-16)14-7-9-22-18(11-14)21-8-4-10-27-3/h5-7,9,11-13H,4,8,10H2,1-3H3,(H,21,22)(H,23,26)(H,24,25). The Morgan fingerprint density at radius 3 is 2.89 bits per heavy atom. The van der Waals surface area contributed by atoms with E-state index in [1.165, 1.54) is 0 Å². The molecule has 0 saturated heterocycles. The van der Waals surface area contributed by atoms with Crippen LogP contribution in [0.3, 0.4) is 0 Å². The highest BCUT2D eigenvalue weighted by Crippen LogP contribution is 2.24. The number of amides is 1. The van der Waals surface area contributed by atoms with Crippen molar-refractivity contribution in [3.8, 4) is 11.4 Å². The van der Waals surface area contributed by atoms with Gasteiger partial charge in [-0.15, -0.1) is 0 Å². The number of hydrogen-bond donors (Lipinski definition) is 3. The third-order valence-corrected chi connectivity index (χ3v) is 3.94. The number of anilines is 2. The predicted octanol–water partition coefficient (Wildman–Crippen LogP) is 4.03. The molecule has 0 spiro atoms. The Hall–Kier alpha value is -3.13. The molecule has 0 aliphatic carbocycles. The van der Waals surface area contributed by atoms with E-state index < -0.39 is 6.09 Å². The molecule has 0 saturated carbocycles. The maximum Gasteiger partial charge on any atom is 0.411 e. The summed E-state index contributed by atoms with van der Waals surface area (Å²) in [5.41, 5.74) is 3.19. The van der Waals surface area contributed by atoms with Crippen LogP contribution in [-0.4, -0.2) is 47.4 Å². The van der Waals surface area contributed by atoms with Crippen LogP contribution in [0.25, 0.3) is 22.4 Å². The molecule has 0 radical (unpaired) electrons. The number of nitrogens with one attached hydrogen (secondary N) is 3. The monoisotopic (exact) mass is 383 g/mol. The largest absolute Gasteiger partial charge is 0.447 e. The summed E-state index contributed by atoms with van der Waals surface area (Å²) < 4.78 is 10.2. The van der Waals surface area contributed by atoms with Gasteiger partial charge >= 0.3 is 6.09 Å². The highest BCUT2D eigenvalue weighted by atomic mass is 16.6. The van der Waals surface area contributed by atoms with Crippen LogP contribution in [0.2, 0.25) is 0 Å². The molecule has 3 rings (SSSR count). The van der Waals surface area contributed by atoms with Crippen molar-refractivity contribution in [2.24, 2.45) is 0 Å². The lowest BCUT2D eigenvalue weighted by atomic mass is 10.2. The molecule has 3 aromatic rings. The lowest BCUT2D eigenvalue weighted by Gasteiger charge is -2.09. The fourth-order valence-corrected chi connectivity index (χ4v) is 2.69. The van der Waals surface area contributed by atoms with Crippen LogP contribution in [0.5, 0.6) is 0 Å². The van der Waals surface area contributed by atoms with E-state index in [9.17, 15) is 4.79 Å². The number of ether oxygens (including phenoxy) is 2. The molecule has 8 heteroatoms. The first-order valence-electron chi connectivity index (χ1n) is 9.22. The SMILES string of the molecule is COCCCNc1cc(-c2nc3cc(NC(=O)OC(C)C)ccc3[nH]2)ccn1. The summed E-state index contributed by atoms with van der Waals surface area (Å²) >= 11 is 0. The van der Waals surface area contributed by atoms with Gasteiger partial charge in [0.2, 0.25) is 0 Å². The van der Waals surface area contributed by atoms with E-state index >= 15 is 0 Å². The van der Waals surface area contributed by atoms with E-state index in [1.54, 1.807) is 33.2 Å². The van der Waals surface area contributed by atoms with Gasteiger partial charge in [0.1, 0.15) is 11.6 Å². The van der Waals surface area contributed by atoms with Crippen LogP contribution >= 0.6 is 0 Å². The number of fused-ring (bicyclic) bond motifs is 1. The first-order valence-corrected chi connectivity index (χ1v) is 9.22. The summed E-state index contributed by atoms with van der Waals surface area (Å²) in [4.78, 5) is 24.0. The van der Waals surface area contributed by atoms with Crippen molar-refractivity contribution in [1.82, 2.24) is 15.0 Å². The summed E-state index contributed by atoms with van der Waals surface area (Å²) in [5.74, 6) is 1.52. The Morgan fingerprint density at radius 1 is 1.25 bits per heavy atom. The average Bonchev–Trinajstić information content (AvgIpc) is 3.08. The summed E-state index contributed by atoms with van der Waals surface area (Å²) in [7, 11) is 1.69. The quantitative estimate of drug-likeness (QED) is 0.508. The Labute approximate surface area is 163 Å². The second-order valence-corrected chi connectivity index (χ2v) is 6.60. The van der Waals surface area contributed by atoms with Crippen LogP contribution in [0.1, 0.15) is 20.3 Å². The summed E-state index contributed by atoms with van der Waals surface area (Å²) in [6.45, 7) is 5.10. The van der Waals surface area contributed by atoms with Gasteiger partial charge in [0, 0.05) is 37.7 Å². The Morgan fingerprint density at radius 2 is 2.11 bits per heavy atom. The van der Waals surface area contributed by atoms with E-state index in [4.69, 9.17) is 9.47 Å². The van der Waals surface area contributed by atoms with E-state index in [-0.39, 0.29) is 6.10 Å². The number of hydrogen-bond acceptors (Lipinski definition) is 6. The third kappa shape index (κ3) is 5.20. The van der Waals surface area contributed by atoms with Crippen molar-refractivity contribution < 1.29 is 14.3 Å². The number of methoxy groups -OCH3 is 1. The predicted molar refractivity (Wildman–Crippen MR) is 110 cm³/mol. The molecule has 1 amide bonds. The fourth-order valence-electron chi connectivity index (χ4n) is 2.69. The Bertz CT molecular complexity index is 938. The number of aromatic amines is 1. The van der Waals surface area contributed by atoms with Gasteiger partial charge in [-0.2, -0.15) is 0 Å².